The van der Waals surface area contributed by atoms with Crippen LogP contribution in [0.5, 0.6) is 0 Å². The molecule has 3 rings (SSSR count). The minimum Gasteiger partial charge on any atom is -0.423 e. The highest BCUT2D eigenvalue weighted by Gasteiger charge is 2.25. The Kier molecular flexibility index (Phi) is 5.19. The molecule has 0 aliphatic heterocycles. The number of alkyl halides is 2. The molecule has 5 nitrogen and oxygen atoms in total. The van der Waals surface area contributed by atoms with Crippen molar-refractivity contribution >= 4 is 27.5 Å². The Morgan fingerprint density at radius 3 is 2.72 bits per heavy atom. The lowest BCUT2D eigenvalue weighted by Gasteiger charge is -2.09. The molecule has 1 unspecified atom stereocenters. The van der Waals surface area contributed by atoms with Crippen molar-refractivity contribution in [1.29, 1.82) is 0 Å². The molecule has 0 fully saturated rings. The van der Waals surface area contributed by atoms with Gasteiger partial charge in [-0.15, -0.1) is 10.2 Å². The molecule has 1 atom stereocenters. The van der Waals surface area contributed by atoms with E-state index in [0.29, 0.717) is 28.9 Å². The quantitative estimate of drug-likeness (QED) is 0.562. The monoisotopic (exact) mass is 430 g/mol. The summed E-state index contributed by atoms with van der Waals surface area (Å²) in [5.41, 5.74) is 1.20. The molecule has 132 valence electrons. The highest BCUT2D eigenvalue weighted by Crippen LogP contribution is 2.31. The van der Waals surface area contributed by atoms with Crippen molar-refractivity contribution in [2.24, 2.45) is 0 Å². The smallest absolute Gasteiger partial charge is 0.283 e. The van der Waals surface area contributed by atoms with Crippen molar-refractivity contribution in [2.75, 3.05) is 0 Å². The van der Waals surface area contributed by atoms with Crippen LogP contribution in [0.25, 0.3) is 0 Å². The molecular weight excluding hydrogens is 418 g/mol. The van der Waals surface area contributed by atoms with Gasteiger partial charge in [0.1, 0.15) is 11.7 Å². The summed E-state index contributed by atoms with van der Waals surface area (Å²) in [6.45, 7) is 3.46. The van der Waals surface area contributed by atoms with E-state index in [1.807, 2.05) is 18.2 Å². The maximum absolute atomic E-state index is 13.0. The Hall–Kier alpha value is -1.80. The molecule has 1 aromatic carbocycles. The molecule has 0 aliphatic carbocycles. The van der Waals surface area contributed by atoms with Crippen molar-refractivity contribution in [3.63, 3.8) is 0 Å². The summed E-state index contributed by atoms with van der Waals surface area (Å²) < 4.78 is 33.4. The van der Waals surface area contributed by atoms with Crippen LogP contribution in [-0.2, 0) is 6.42 Å². The summed E-state index contributed by atoms with van der Waals surface area (Å²) in [5.74, 6) is 0.720. The Morgan fingerprint density at radius 2 is 2.08 bits per heavy atom. The van der Waals surface area contributed by atoms with Crippen LogP contribution in [0.2, 0.25) is 5.02 Å². The predicted molar refractivity (Wildman–Crippen MR) is 92.0 cm³/mol. The van der Waals surface area contributed by atoms with E-state index in [1.54, 1.807) is 19.9 Å². The van der Waals surface area contributed by atoms with Gasteiger partial charge in [-0.2, -0.15) is 5.10 Å². The van der Waals surface area contributed by atoms with Crippen molar-refractivity contribution in [1.82, 2.24) is 20.0 Å². The van der Waals surface area contributed by atoms with Gasteiger partial charge in [0.15, 0.2) is 0 Å². The van der Waals surface area contributed by atoms with Gasteiger partial charge in [0, 0.05) is 5.02 Å². The number of aromatic nitrogens is 4. The van der Waals surface area contributed by atoms with Gasteiger partial charge >= 0.3 is 0 Å². The number of rotatable bonds is 5. The molecule has 9 heteroatoms. The fourth-order valence-corrected chi connectivity index (χ4v) is 3.12. The average Bonchev–Trinajstić information content (AvgIpc) is 3.13. The maximum Gasteiger partial charge on any atom is 0.283 e. The molecule has 0 amide bonds. The van der Waals surface area contributed by atoms with E-state index in [-0.39, 0.29) is 10.2 Å². The van der Waals surface area contributed by atoms with E-state index >= 15 is 0 Å². The van der Waals surface area contributed by atoms with Gasteiger partial charge in [0.2, 0.25) is 11.8 Å². The zero-order valence-electron chi connectivity index (χ0n) is 13.4. The van der Waals surface area contributed by atoms with Crippen LogP contribution in [-0.4, -0.2) is 20.0 Å². The van der Waals surface area contributed by atoms with E-state index < -0.39 is 12.5 Å². The SMILES string of the molecule is Cc1c(Br)c(C(F)F)nn1C(C)c1nnc(Cc2cccc(Cl)c2)o1. The second kappa shape index (κ2) is 7.21. The molecule has 2 heterocycles. The molecule has 0 N–H and O–H groups in total. The maximum atomic E-state index is 13.0. The largest absolute Gasteiger partial charge is 0.423 e. The predicted octanol–water partition coefficient (Wildman–Crippen LogP) is 5.13. The molecule has 0 bridgehead atoms. The highest BCUT2D eigenvalue weighted by atomic mass is 79.9. The summed E-state index contributed by atoms with van der Waals surface area (Å²) in [6.07, 6.45) is -2.23. The third-order valence-electron chi connectivity index (χ3n) is 3.76. The van der Waals surface area contributed by atoms with E-state index in [0.717, 1.165) is 5.56 Å². The van der Waals surface area contributed by atoms with Gasteiger partial charge in [-0.1, -0.05) is 23.7 Å². The van der Waals surface area contributed by atoms with Gasteiger partial charge < -0.3 is 4.42 Å². The summed E-state index contributed by atoms with van der Waals surface area (Å²) in [7, 11) is 0. The summed E-state index contributed by atoms with van der Waals surface area (Å²) in [6, 6.07) is 6.88. The number of nitrogens with zero attached hydrogens (tertiary/aromatic N) is 4. The Balaban J connectivity index is 1.83. The second-order valence-electron chi connectivity index (χ2n) is 5.55. The van der Waals surface area contributed by atoms with Crippen molar-refractivity contribution in [3.05, 3.63) is 62.5 Å². The van der Waals surface area contributed by atoms with Crippen LogP contribution >= 0.6 is 27.5 Å². The standard InChI is InChI=1S/C16H14BrClF2N4O/c1-8-13(17)14(15(19)20)23-24(8)9(2)16-22-21-12(25-16)7-10-4-3-5-11(18)6-10/h3-6,9,15H,7H2,1-2H3. The first-order valence-electron chi connectivity index (χ1n) is 7.46. The molecule has 25 heavy (non-hydrogen) atoms. The molecule has 0 saturated carbocycles. The van der Waals surface area contributed by atoms with Gasteiger partial charge in [-0.25, -0.2) is 8.78 Å². The summed E-state index contributed by atoms with van der Waals surface area (Å²) in [4.78, 5) is 0. The normalized spacial score (nSPS) is 12.8. The van der Waals surface area contributed by atoms with Crippen LogP contribution in [0.3, 0.4) is 0 Å². The first kappa shape index (κ1) is 18.0. The van der Waals surface area contributed by atoms with Gasteiger partial charge in [-0.3, -0.25) is 4.68 Å². The van der Waals surface area contributed by atoms with Gasteiger partial charge in [0.05, 0.1) is 16.6 Å². The summed E-state index contributed by atoms with van der Waals surface area (Å²) in [5, 5.41) is 12.6. The van der Waals surface area contributed by atoms with Crippen molar-refractivity contribution < 1.29 is 13.2 Å². The Morgan fingerprint density at radius 1 is 1.32 bits per heavy atom. The molecule has 0 saturated heterocycles. The molecule has 3 aromatic rings. The Bertz CT molecular complexity index is 896. The fourth-order valence-electron chi connectivity index (χ4n) is 2.47. The zero-order chi connectivity index (χ0) is 18.1. The minimum absolute atomic E-state index is 0.285. The van der Waals surface area contributed by atoms with Crippen LogP contribution in [0.15, 0.2) is 33.2 Å². The molecule has 0 radical (unpaired) electrons. The fraction of sp³-hybridized carbons (Fsp3) is 0.312. The van der Waals surface area contributed by atoms with Crippen LogP contribution in [0.4, 0.5) is 8.78 Å². The van der Waals surface area contributed by atoms with E-state index in [9.17, 15) is 8.78 Å². The van der Waals surface area contributed by atoms with Gasteiger partial charge in [0.25, 0.3) is 6.43 Å². The van der Waals surface area contributed by atoms with Crippen LogP contribution in [0, 0.1) is 6.92 Å². The minimum atomic E-state index is -2.66. The number of benzene rings is 1. The van der Waals surface area contributed by atoms with Crippen LogP contribution < -0.4 is 0 Å². The molecule has 0 aliphatic rings. The first-order valence-corrected chi connectivity index (χ1v) is 8.63. The third kappa shape index (κ3) is 3.74. The van der Waals surface area contributed by atoms with E-state index in [2.05, 4.69) is 31.2 Å². The Labute approximate surface area is 156 Å². The van der Waals surface area contributed by atoms with Crippen LogP contribution in [0.1, 0.15) is 48.1 Å². The number of halogens is 4. The first-order chi connectivity index (χ1) is 11.9. The lowest BCUT2D eigenvalue weighted by molar-refractivity contribution is 0.144. The number of hydrogen-bond acceptors (Lipinski definition) is 4. The second-order valence-corrected chi connectivity index (χ2v) is 6.78. The number of hydrogen-bond donors (Lipinski definition) is 0. The molecular formula is C16H14BrClF2N4O. The summed E-state index contributed by atoms with van der Waals surface area (Å²) >= 11 is 9.12. The lowest BCUT2D eigenvalue weighted by Crippen LogP contribution is -2.11. The molecule has 0 spiro atoms. The lowest BCUT2D eigenvalue weighted by atomic mass is 10.1. The van der Waals surface area contributed by atoms with Crippen molar-refractivity contribution in [2.45, 2.75) is 32.7 Å². The zero-order valence-corrected chi connectivity index (χ0v) is 15.7. The topological polar surface area (TPSA) is 56.7 Å². The van der Waals surface area contributed by atoms with E-state index in [4.69, 9.17) is 16.0 Å². The average molecular weight is 432 g/mol. The third-order valence-corrected chi connectivity index (χ3v) is 4.97. The van der Waals surface area contributed by atoms with E-state index in [1.165, 1.54) is 4.68 Å². The highest BCUT2D eigenvalue weighted by molar-refractivity contribution is 9.10. The van der Waals surface area contributed by atoms with Crippen molar-refractivity contribution in [3.8, 4) is 0 Å². The molecule has 2 aromatic heterocycles. The van der Waals surface area contributed by atoms with Gasteiger partial charge in [-0.05, 0) is 47.5 Å².